The molecule has 2 heterocycles. The molecule has 0 saturated carbocycles. The zero-order valence-electron chi connectivity index (χ0n) is 18.9. The Morgan fingerprint density at radius 3 is 2.52 bits per heavy atom. The molecular formula is C22H27FN6O4. The number of nitrogens with one attached hydrogen (secondary N) is 2. The highest BCUT2D eigenvalue weighted by Gasteiger charge is 2.33. The van der Waals surface area contributed by atoms with Gasteiger partial charge in [0.15, 0.2) is 0 Å². The van der Waals surface area contributed by atoms with Crippen molar-refractivity contribution in [3.63, 3.8) is 0 Å². The fraction of sp³-hybridized carbons (Fsp3) is 0.409. The molecule has 0 aliphatic rings. The van der Waals surface area contributed by atoms with Gasteiger partial charge in [0.25, 0.3) is 5.56 Å². The number of nitrogens with zero attached hydrogens (tertiary/aromatic N) is 4. The van der Waals surface area contributed by atoms with Crippen molar-refractivity contribution in [3.05, 3.63) is 69.3 Å². The van der Waals surface area contributed by atoms with Crippen molar-refractivity contribution >= 4 is 6.29 Å². The summed E-state index contributed by atoms with van der Waals surface area (Å²) in [5.41, 5.74) is -0.577. The van der Waals surface area contributed by atoms with Gasteiger partial charge in [-0.3, -0.25) is 14.7 Å². The van der Waals surface area contributed by atoms with Crippen LogP contribution in [0.15, 0.2) is 33.5 Å². The molecule has 1 unspecified atom stereocenters. The van der Waals surface area contributed by atoms with E-state index >= 15 is 0 Å². The van der Waals surface area contributed by atoms with Crippen LogP contribution in [0, 0.1) is 12.7 Å². The molecule has 3 rings (SSSR count). The minimum absolute atomic E-state index is 0.0981. The van der Waals surface area contributed by atoms with E-state index in [-0.39, 0.29) is 30.5 Å². The minimum Gasteiger partial charge on any atom is -0.502 e. The van der Waals surface area contributed by atoms with Crippen LogP contribution < -0.4 is 16.2 Å². The monoisotopic (exact) mass is 458 g/mol. The molecular weight excluding hydrogens is 431 g/mol. The van der Waals surface area contributed by atoms with Crippen LogP contribution in [-0.2, 0) is 30.0 Å². The van der Waals surface area contributed by atoms with E-state index < -0.39 is 22.9 Å². The molecule has 1 atom stereocenters. The summed E-state index contributed by atoms with van der Waals surface area (Å²) < 4.78 is 19.8. The van der Waals surface area contributed by atoms with E-state index in [1.54, 1.807) is 39.8 Å². The molecule has 3 aromatic rings. The molecule has 0 fully saturated rings. The summed E-state index contributed by atoms with van der Waals surface area (Å²) in [5, 5.41) is 24.3. The largest absolute Gasteiger partial charge is 0.502 e. The number of hydrogen-bond donors (Lipinski definition) is 3. The van der Waals surface area contributed by atoms with Crippen LogP contribution in [0.4, 0.5) is 4.39 Å². The van der Waals surface area contributed by atoms with Gasteiger partial charge in [0.1, 0.15) is 29.7 Å². The molecule has 11 heteroatoms. The molecule has 0 amide bonds. The van der Waals surface area contributed by atoms with E-state index in [2.05, 4.69) is 25.8 Å². The predicted molar refractivity (Wildman–Crippen MR) is 117 cm³/mol. The Hall–Kier alpha value is -3.44. The second kappa shape index (κ2) is 10.0. The first-order chi connectivity index (χ1) is 15.7. The first-order valence-corrected chi connectivity index (χ1v) is 10.5. The summed E-state index contributed by atoms with van der Waals surface area (Å²) in [7, 11) is 0. The normalized spacial score (nSPS) is 12.6. The van der Waals surface area contributed by atoms with Crippen molar-refractivity contribution in [1.82, 2.24) is 30.4 Å². The number of aromatic nitrogens is 4. The topological polar surface area (TPSA) is 135 Å². The Bertz CT molecular complexity index is 1170. The summed E-state index contributed by atoms with van der Waals surface area (Å²) >= 11 is 0. The van der Waals surface area contributed by atoms with E-state index in [1.807, 2.05) is 0 Å². The molecule has 0 radical (unpaired) electrons. The second-order valence-electron chi connectivity index (χ2n) is 8.05. The van der Waals surface area contributed by atoms with Crippen molar-refractivity contribution in [2.24, 2.45) is 0 Å². The van der Waals surface area contributed by atoms with Crippen molar-refractivity contribution in [3.8, 4) is 5.75 Å². The Morgan fingerprint density at radius 2 is 1.94 bits per heavy atom. The Kier molecular flexibility index (Phi) is 7.34. The van der Waals surface area contributed by atoms with Crippen LogP contribution in [0.1, 0.15) is 55.7 Å². The third-order valence-corrected chi connectivity index (χ3v) is 5.09. The van der Waals surface area contributed by atoms with E-state index in [9.17, 15) is 19.1 Å². The molecule has 0 aliphatic carbocycles. The zero-order valence-corrected chi connectivity index (χ0v) is 18.9. The van der Waals surface area contributed by atoms with Gasteiger partial charge in [-0.2, -0.15) is 0 Å². The summed E-state index contributed by atoms with van der Waals surface area (Å²) in [6, 6.07) is 5.08. The van der Waals surface area contributed by atoms with Crippen molar-refractivity contribution in [2.45, 2.75) is 58.9 Å². The van der Waals surface area contributed by atoms with Crippen LogP contribution in [0.2, 0.25) is 0 Å². The van der Waals surface area contributed by atoms with Crippen molar-refractivity contribution in [1.29, 1.82) is 0 Å². The maximum atomic E-state index is 13.1. The summed E-state index contributed by atoms with van der Waals surface area (Å²) in [6.07, 6.45) is 0.634. The lowest BCUT2D eigenvalue weighted by Gasteiger charge is -2.30. The minimum atomic E-state index is -0.984. The number of benzene rings is 1. The first kappa shape index (κ1) is 24.2. The van der Waals surface area contributed by atoms with Crippen LogP contribution >= 0.6 is 0 Å². The standard InChI is InChI=1S/C22H27FN6O4/c1-5-29-20(32)18(31)16(11-24-10-14-6-8-15(23)9-7-14)25-21(29)22(3,4)26-17(12-30)19-28-27-13(2)33-19/h6-9,12,17,24,26,31H,5,10-11H2,1-4H3. The number of aromatic hydroxyl groups is 1. The lowest BCUT2D eigenvalue weighted by Crippen LogP contribution is -2.45. The molecule has 10 nitrogen and oxygen atoms in total. The van der Waals surface area contributed by atoms with E-state index in [1.165, 1.54) is 16.7 Å². The van der Waals surface area contributed by atoms with Crippen molar-refractivity contribution < 1.29 is 18.7 Å². The number of carbonyl (C=O) groups is 1. The van der Waals surface area contributed by atoms with Crippen LogP contribution in [-0.4, -0.2) is 31.1 Å². The number of rotatable bonds is 10. The number of hydrogen-bond acceptors (Lipinski definition) is 9. The number of carbonyl (C=O) groups excluding carboxylic acids is 1. The lowest BCUT2D eigenvalue weighted by molar-refractivity contribution is -0.110. The molecule has 0 aliphatic heterocycles. The quantitative estimate of drug-likeness (QED) is 0.389. The second-order valence-corrected chi connectivity index (χ2v) is 8.05. The molecule has 0 saturated heterocycles. The molecule has 0 spiro atoms. The van der Waals surface area contributed by atoms with Gasteiger partial charge in [0, 0.05) is 26.6 Å². The maximum Gasteiger partial charge on any atom is 0.296 e. The van der Waals surface area contributed by atoms with E-state index in [4.69, 9.17) is 4.42 Å². The third kappa shape index (κ3) is 5.49. The maximum absolute atomic E-state index is 13.1. The van der Waals surface area contributed by atoms with Gasteiger partial charge in [0.2, 0.25) is 17.5 Å². The summed E-state index contributed by atoms with van der Waals surface area (Å²) in [5.74, 6) is -0.0398. The fourth-order valence-electron chi connectivity index (χ4n) is 3.45. The SMILES string of the molecule is CCn1c(C(C)(C)NC(C=O)c2nnc(C)o2)nc(CNCc2ccc(F)cc2)c(O)c1=O. The smallest absolute Gasteiger partial charge is 0.296 e. The molecule has 2 aromatic heterocycles. The average molecular weight is 458 g/mol. The zero-order chi connectivity index (χ0) is 24.2. The van der Waals surface area contributed by atoms with Gasteiger partial charge in [-0.1, -0.05) is 12.1 Å². The lowest BCUT2D eigenvalue weighted by atomic mass is 10.0. The first-order valence-electron chi connectivity index (χ1n) is 10.5. The highest BCUT2D eigenvalue weighted by Crippen LogP contribution is 2.24. The molecule has 0 bridgehead atoms. The van der Waals surface area contributed by atoms with Gasteiger partial charge in [0.05, 0.1) is 5.54 Å². The molecule has 1 aromatic carbocycles. The number of aldehydes is 1. The van der Waals surface area contributed by atoms with Gasteiger partial charge in [-0.15, -0.1) is 10.2 Å². The van der Waals surface area contributed by atoms with Gasteiger partial charge in [-0.05, 0) is 38.5 Å². The van der Waals surface area contributed by atoms with E-state index in [0.29, 0.717) is 24.5 Å². The Morgan fingerprint density at radius 1 is 1.24 bits per heavy atom. The number of aryl methyl sites for hydroxylation is 1. The van der Waals surface area contributed by atoms with Crippen LogP contribution in [0.3, 0.4) is 0 Å². The number of halogens is 1. The highest BCUT2D eigenvalue weighted by molar-refractivity contribution is 5.59. The molecule has 176 valence electrons. The van der Waals surface area contributed by atoms with Crippen LogP contribution in [0.25, 0.3) is 0 Å². The predicted octanol–water partition coefficient (Wildman–Crippen LogP) is 1.85. The van der Waals surface area contributed by atoms with Gasteiger partial charge >= 0.3 is 0 Å². The van der Waals surface area contributed by atoms with Gasteiger partial charge < -0.3 is 19.6 Å². The molecule has 3 N–H and O–H groups in total. The van der Waals surface area contributed by atoms with Crippen molar-refractivity contribution in [2.75, 3.05) is 0 Å². The van der Waals surface area contributed by atoms with E-state index in [0.717, 1.165) is 5.56 Å². The van der Waals surface area contributed by atoms with Gasteiger partial charge in [-0.25, -0.2) is 9.37 Å². The third-order valence-electron chi connectivity index (χ3n) is 5.09. The average Bonchev–Trinajstić information content (AvgIpc) is 3.22. The molecule has 33 heavy (non-hydrogen) atoms. The Balaban J connectivity index is 1.87. The fourth-order valence-corrected chi connectivity index (χ4v) is 3.45. The highest BCUT2D eigenvalue weighted by atomic mass is 19.1. The Labute approximate surface area is 189 Å². The summed E-state index contributed by atoms with van der Waals surface area (Å²) in [6.45, 7) is 7.64. The van der Waals surface area contributed by atoms with Crippen LogP contribution in [0.5, 0.6) is 5.75 Å². The summed E-state index contributed by atoms with van der Waals surface area (Å²) in [4.78, 5) is 29.1.